The number of rotatable bonds is 2. The van der Waals surface area contributed by atoms with E-state index in [2.05, 4.69) is 0 Å². The Hall–Kier alpha value is -1.94. The molecule has 3 rings (SSSR count). The number of ether oxygens (including phenoxy) is 2. The molecule has 1 aromatic carbocycles. The van der Waals surface area contributed by atoms with Gasteiger partial charge in [0, 0.05) is 12.0 Å². The summed E-state index contributed by atoms with van der Waals surface area (Å²) >= 11 is 0. The van der Waals surface area contributed by atoms with E-state index in [4.69, 9.17) is 9.47 Å². The Kier molecular flexibility index (Phi) is 2.80. The summed E-state index contributed by atoms with van der Waals surface area (Å²) in [6.45, 7) is 1.90. The average Bonchev–Trinajstić information content (AvgIpc) is 2.75. The summed E-state index contributed by atoms with van der Waals surface area (Å²) in [7, 11) is 1.28. The Labute approximate surface area is 117 Å². The monoisotopic (exact) mass is 272 g/mol. The van der Waals surface area contributed by atoms with Crippen molar-refractivity contribution in [3.63, 3.8) is 0 Å². The lowest BCUT2D eigenvalue weighted by molar-refractivity contribution is -0.182. The molecule has 104 valence electrons. The van der Waals surface area contributed by atoms with Crippen molar-refractivity contribution < 1.29 is 19.1 Å². The van der Waals surface area contributed by atoms with Crippen molar-refractivity contribution in [3.8, 4) is 0 Å². The molecule has 2 aliphatic heterocycles. The zero-order valence-electron chi connectivity index (χ0n) is 11.5. The van der Waals surface area contributed by atoms with Crippen molar-refractivity contribution in [2.75, 3.05) is 7.11 Å². The number of esters is 1. The summed E-state index contributed by atoms with van der Waals surface area (Å²) in [5.41, 5.74) is -0.761. The summed E-state index contributed by atoms with van der Waals surface area (Å²) in [4.78, 5) is 24.7. The van der Waals surface area contributed by atoms with Gasteiger partial charge in [-0.15, -0.1) is 0 Å². The summed E-state index contributed by atoms with van der Waals surface area (Å²) in [6, 6.07) is 9.38. The van der Waals surface area contributed by atoms with Crippen LogP contribution in [0.4, 0.5) is 0 Å². The first-order valence-electron chi connectivity index (χ1n) is 6.62. The number of Topliss-reactive ketones (excluding diaryl/α,β-unsaturated/α-hetero) is 1. The Morgan fingerprint density at radius 1 is 1.30 bits per heavy atom. The first-order chi connectivity index (χ1) is 9.52. The van der Waals surface area contributed by atoms with Crippen LogP contribution in [0.5, 0.6) is 0 Å². The number of ketones is 1. The molecule has 0 saturated carbocycles. The maximum Gasteiger partial charge on any atom is 0.350 e. The van der Waals surface area contributed by atoms with Gasteiger partial charge in [0.1, 0.15) is 0 Å². The van der Waals surface area contributed by atoms with Crippen LogP contribution >= 0.6 is 0 Å². The summed E-state index contributed by atoms with van der Waals surface area (Å²) in [6.07, 6.45) is 2.80. The van der Waals surface area contributed by atoms with E-state index >= 15 is 0 Å². The second kappa shape index (κ2) is 4.28. The van der Waals surface area contributed by atoms with Crippen molar-refractivity contribution in [2.45, 2.75) is 31.0 Å². The van der Waals surface area contributed by atoms with E-state index in [9.17, 15) is 9.59 Å². The highest BCUT2D eigenvalue weighted by Crippen LogP contribution is 2.49. The van der Waals surface area contributed by atoms with Crippen LogP contribution in [0.1, 0.15) is 25.3 Å². The first-order valence-corrected chi connectivity index (χ1v) is 6.62. The van der Waals surface area contributed by atoms with Crippen LogP contribution in [-0.2, 0) is 19.1 Å². The lowest BCUT2D eigenvalue weighted by Crippen LogP contribution is -2.54. The minimum Gasteiger partial charge on any atom is -0.466 e. The molecule has 20 heavy (non-hydrogen) atoms. The molecule has 2 unspecified atom stereocenters. The van der Waals surface area contributed by atoms with Crippen LogP contribution in [0.15, 0.2) is 36.4 Å². The van der Waals surface area contributed by atoms with Gasteiger partial charge in [0.15, 0.2) is 5.78 Å². The number of hydrogen-bond acceptors (Lipinski definition) is 4. The van der Waals surface area contributed by atoms with E-state index in [1.165, 1.54) is 7.11 Å². The number of hydrogen-bond donors (Lipinski definition) is 0. The molecular weight excluding hydrogens is 256 g/mol. The Morgan fingerprint density at radius 3 is 2.65 bits per heavy atom. The van der Waals surface area contributed by atoms with E-state index in [0.29, 0.717) is 18.4 Å². The molecule has 1 fully saturated rings. The van der Waals surface area contributed by atoms with E-state index in [1.54, 1.807) is 0 Å². The number of benzene rings is 1. The molecule has 0 N–H and O–H groups in total. The molecule has 4 nitrogen and oxygen atoms in total. The highest BCUT2D eigenvalue weighted by atomic mass is 16.6. The van der Waals surface area contributed by atoms with Gasteiger partial charge in [-0.2, -0.15) is 0 Å². The van der Waals surface area contributed by atoms with Gasteiger partial charge in [-0.1, -0.05) is 30.3 Å². The normalized spacial score (nSPS) is 31.9. The maximum atomic E-state index is 12.4. The molecule has 4 heteroatoms. The fourth-order valence-electron chi connectivity index (χ4n) is 3.02. The third kappa shape index (κ3) is 1.64. The van der Waals surface area contributed by atoms with Crippen LogP contribution in [0.25, 0.3) is 5.57 Å². The molecule has 0 amide bonds. The van der Waals surface area contributed by atoms with Gasteiger partial charge >= 0.3 is 5.97 Å². The van der Waals surface area contributed by atoms with Crippen LogP contribution in [0, 0.1) is 0 Å². The summed E-state index contributed by atoms with van der Waals surface area (Å²) < 4.78 is 10.7. The minimum atomic E-state index is -1.59. The van der Waals surface area contributed by atoms with Gasteiger partial charge in [0.25, 0.3) is 0 Å². The molecule has 0 radical (unpaired) electrons. The fraction of sp³-hybridized carbons (Fsp3) is 0.375. The number of carbonyl (C=O) groups excluding carboxylic acids is 2. The van der Waals surface area contributed by atoms with Crippen LogP contribution < -0.4 is 0 Å². The third-order valence-electron chi connectivity index (χ3n) is 4.01. The Bertz CT molecular complexity index is 594. The van der Waals surface area contributed by atoms with Crippen molar-refractivity contribution in [1.82, 2.24) is 0 Å². The van der Waals surface area contributed by atoms with Crippen molar-refractivity contribution in [1.29, 1.82) is 0 Å². The Balaban J connectivity index is 2.20. The van der Waals surface area contributed by atoms with Gasteiger partial charge in [-0.3, -0.25) is 4.79 Å². The molecule has 0 aliphatic carbocycles. The second-order valence-electron chi connectivity index (χ2n) is 5.43. The third-order valence-corrected chi connectivity index (χ3v) is 4.01. The first kappa shape index (κ1) is 13.1. The highest BCUT2D eigenvalue weighted by molar-refractivity contribution is 6.20. The van der Waals surface area contributed by atoms with E-state index < -0.39 is 17.2 Å². The molecule has 2 bridgehead atoms. The molecule has 1 aromatic rings. The quantitative estimate of drug-likeness (QED) is 0.611. The van der Waals surface area contributed by atoms with Crippen LogP contribution in [0.3, 0.4) is 0 Å². The predicted octanol–water partition coefficient (Wildman–Crippen LogP) is 2.13. The molecule has 2 heterocycles. The van der Waals surface area contributed by atoms with E-state index in [1.807, 2.05) is 43.3 Å². The smallest absolute Gasteiger partial charge is 0.350 e. The van der Waals surface area contributed by atoms with Gasteiger partial charge < -0.3 is 9.47 Å². The number of fused-ring (bicyclic) bond motifs is 2. The lowest BCUT2D eigenvalue weighted by atomic mass is 9.84. The predicted molar refractivity (Wildman–Crippen MR) is 72.9 cm³/mol. The van der Waals surface area contributed by atoms with Gasteiger partial charge in [-0.25, -0.2) is 4.79 Å². The van der Waals surface area contributed by atoms with Crippen molar-refractivity contribution in [2.24, 2.45) is 0 Å². The lowest BCUT2D eigenvalue weighted by Gasteiger charge is -2.36. The second-order valence-corrected chi connectivity index (χ2v) is 5.43. The van der Waals surface area contributed by atoms with Crippen LogP contribution in [-0.4, -0.2) is 30.1 Å². The van der Waals surface area contributed by atoms with Crippen molar-refractivity contribution in [3.05, 3.63) is 42.0 Å². The molecule has 1 saturated heterocycles. The Morgan fingerprint density at radius 2 is 2.00 bits per heavy atom. The van der Waals surface area contributed by atoms with Gasteiger partial charge in [-0.05, 0) is 25.0 Å². The minimum absolute atomic E-state index is 0.227. The zero-order chi connectivity index (χ0) is 14.4. The molecular formula is C16H16O4. The van der Waals surface area contributed by atoms with Crippen LogP contribution in [0.2, 0.25) is 0 Å². The summed E-state index contributed by atoms with van der Waals surface area (Å²) in [5.74, 6) is -0.865. The van der Waals surface area contributed by atoms with E-state index in [0.717, 1.165) is 5.56 Å². The van der Waals surface area contributed by atoms with E-state index in [-0.39, 0.29) is 5.78 Å². The molecule has 2 atom stereocenters. The summed E-state index contributed by atoms with van der Waals surface area (Å²) in [5, 5.41) is 0. The largest absolute Gasteiger partial charge is 0.466 e. The standard InChI is InChI=1S/C16H16O4/c1-15-9-8-13(17)16(20-15,14(18)19-2)12(10-15)11-6-4-3-5-7-11/h3-7,10H,8-9H2,1-2H3. The molecule has 0 spiro atoms. The topological polar surface area (TPSA) is 52.6 Å². The van der Waals surface area contributed by atoms with Gasteiger partial charge in [0.2, 0.25) is 5.60 Å². The number of methoxy groups -OCH3 is 1. The zero-order valence-corrected chi connectivity index (χ0v) is 11.5. The average molecular weight is 272 g/mol. The number of carbonyl (C=O) groups is 2. The van der Waals surface area contributed by atoms with Gasteiger partial charge in [0.05, 0.1) is 12.7 Å². The molecule has 0 aromatic heterocycles. The fourth-order valence-corrected chi connectivity index (χ4v) is 3.02. The SMILES string of the molecule is COC(=O)C12OC(C)(C=C1c1ccccc1)CCC2=O. The van der Waals surface area contributed by atoms with Crippen molar-refractivity contribution >= 4 is 17.3 Å². The highest BCUT2D eigenvalue weighted by Gasteiger charge is 2.62. The maximum absolute atomic E-state index is 12.4. The molecule has 2 aliphatic rings.